The van der Waals surface area contributed by atoms with Crippen LogP contribution >= 0.6 is 0 Å². The maximum absolute atomic E-state index is 12.3. The molecule has 0 atom stereocenters. The molecule has 8 nitrogen and oxygen atoms in total. The van der Waals surface area contributed by atoms with E-state index in [4.69, 9.17) is 14.7 Å². The number of aromatic nitrogens is 4. The third-order valence-corrected chi connectivity index (χ3v) is 5.51. The summed E-state index contributed by atoms with van der Waals surface area (Å²) < 4.78 is 42.3. The summed E-state index contributed by atoms with van der Waals surface area (Å²) >= 11 is 0. The lowest BCUT2D eigenvalue weighted by Crippen LogP contribution is -2.35. The van der Waals surface area contributed by atoms with Gasteiger partial charge in [-0.05, 0) is 42.8 Å². The van der Waals surface area contributed by atoms with Crippen LogP contribution in [0, 0.1) is 0 Å². The van der Waals surface area contributed by atoms with Crippen LogP contribution in [0.25, 0.3) is 27.4 Å². The standard InChI is InChI=1S/C25H21F3N6O2/c26-25(27,28)14-29-22(35)13-36-18-5-3-4-15(11-18)23-32-21-7-2-1-6-19(21)24(33-23)31-17-8-9-20-16(10-17)12-30-34-20/h1-2,4,6-12H,3,5,13-14H2,(H,29,35)(H,30,34)(H,31,32,33). The number of hydrogen-bond donors (Lipinski definition) is 3. The zero-order valence-electron chi connectivity index (χ0n) is 18.9. The van der Waals surface area contributed by atoms with Gasteiger partial charge >= 0.3 is 6.18 Å². The molecule has 0 spiro atoms. The highest BCUT2D eigenvalue weighted by Gasteiger charge is 2.27. The molecule has 1 amide bonds. The zero-order chi connectivity index (χ0) is 25.1. The third-order valence-electron chi connectivity index (χ3n) is 5.51. The first kappa shape index (κ1) is 23.3. The van der Waals surface area contributed by atoms with E-state index in [-0.39, 0.29) is 0 Å². The molecule has 11 heteroatoms. The fourth-order valence-corrected chi connectivity index (χ4v) is 3.81. The third kappa shape index (κ3) is 5.45. The van der Waals surface area contributed by atoms with Crippen molar-refractivity contribution in [1.82, 2.24) is 25.5 Å². The number of ether oxygens (including phenoxy) is 1. The minimum Gasteiger partial charge on any atom is -0.488 e. The maximum atomic E-state index is 12.3. The van der Waals surface area contributed by atoms with Crippen LogP contribution in [0.3, 0.4) is 0 Å². The molecule has 0 unspecified atom stereocenters. The van der Waals surface area contributed by atoms with Gasteiger partial charge in [-0.3, -0.25) is 9.89 Å². The van der Waals surface area contributed by atoms with E-state index in [1.54, 1.807) is 17.6 Å². The van der Waals surface area contributed by atoms with E-state index in [1.165, 1.54) is 0 Å². The number of carbonyl (C=O) groups excluding carboxylic acids is 1. The largest absolute Gasteiger partial charge is 0.488 e. The fourth-order valence-electron chi connectivity index (χ4n) is 3.81. The van der Waals surface area contributed by atoms with Gasteiger partial charge in [0.05, 0.1) is 23.0 Å². The Bertz CT molecular complexity index is 1490. The Labute approximate surface area is 203 Å². The van der Waals surface area contributed by atoms with Crippen LogP contribution in [0.1, 0.15) is 18.7 Å². The van der Waals surface area contributed by atoms with Gasteiger partial charge in [0, 0.05) is 28.5 Å². The second kappa shape index (κ2) is 9.68. The first-order valence-electron chi connectivity index (χ1n) is 11.2. The fraction of sp³-hybridized carbons (Fsp3) is 0.200. The number of alkyl halides is 3. The summed E-state index contributed by atoms with van der Waals surface area (Å²) in [4.78, 5) is 21.1. The molecule has 36 heavy (non-hydrogen) atoms. The summed E-state index contributed by atoms with van der Waals surface area (Å²) in [6.07, 6.45) is 2.07. The number of allylic oxidation sites excluding steroid dienone is 4. The quantitative estimate of drug-likeness (QED) is 0.334. The lowest BCUT2D eigenvalue weighted by atomic mass is 10.0. The van der Waals surface area contributed by atoms with Gasteiger partial charge in [0.15, 0.2) is 12.4 Å². The summed E-state index contributed by atoms with van der Waals surface area (Å²) in [6, 6.07) is 13.4. The van der Waals surface area contributed by atoms with Crippen molar-refractivity contribution in [3.63, 3.8) is 0 Å². The predicted octanol–water partition coefficient (Wildman–Crippen LogP) is 5.01. The van der Waals surface area contributed by atoms with Gasteiger partial charge in [0.2, 0.25) is 0 Å². The normalized spacial score (nSPS) is 13.9. The molecular formula is C25H21F3N6O2. The molecule has 0 bridgehead atoms. The number of aromatic amines is 1. The monoisotopic (exact) mass is 494 g/mol. The van der Waals surface area contributed by atoms with Crippen LogP contribution in [0.5, 0.6) is 0 Å². The van der Waals surface area contributed by atoms with Gasteiger partial charge < -0.3 is 15.4 Å². The number of amides is 1. The number of para-hydroxylation sites is 1. The van der Waals surface area contributed by atoms with Crippen molar-refractivity contribution >= 4 is 44.8 Å². The van der Waals surface area contributed by atoms with Crippen LogP contribution in [-0.2, 0) is 9.53 Å². The average molecular weight is 494 g/mol. The first-order valence-corrected chi connectivity index (χ1v) is 11.2. The predicted molar refractivity (Wildman–Crippen MR) is 129 cm³/mol. The Morgan fingerprint density at radius 3 is 2.86 bits per heavy atom. The average Bonchev–Trinajstić information content (AvgIpc) is 3.34. The minimum atomic E-state index is -4.47. The molecule has 5 rings (SSSR count). The number of halogens is 3. The lowest BCUT2D eigenvalue weighted by molar-refractivity contribution is -0.140. The van der Waals surface area contributed by atoms with Gasteiger partial charge in [-0.15, -0.1) is 0 Å². The Kier molecular flexibility index (Phi) is 6.28. The summed E-state index contributed by atoms with van der Waals surface area (Å²) in [6.45, 7) is -1.90. The van der Waals surface area contributed by atoms with E-state index in [9.17, 15) is 18.0 Å². The highest BCUT2D eigenvalue weighted by Crippen LogP contribution is 2.30. The van der Waals surface area contributed by atoms with Gasteiger partial charge in [0.1, 0.15) is 12.4 Å². The number of H-pyrrole nitrogens is 1. The Morgan fingerprint density at radius 2 is 2.00 bits per heavy atom. The van der Waals surface area contributed by atoms with Crippen molar-refractivity contribution < 1.29 is 22.7 Å². The number of carbonyl (C=O) groups is 1. The molecule has 2 aromatic heterocycles. The number of nitrogens with zero attached hydrogens (tertiary/aromatic N) is 3. The topological polar surface area (TPSA) is 105 Å². The number of hydrogen-bond acceptors (Lipinski definition) is 6. The van der Waals surface area contributed by atoms with Crippen molar-refractivity contribution in [3.8, 4) is 0 Å². The van der Waals surface area contributed by atoms with Crippen LogP contribution < -0.4 is 10.6 Å². The van der Waals surface area contributed by atoms with E-state index in [0.717, 1.165) is 27.5 Å². The Morgan fingerprint density at radius 1 is 1.14 bits per heavy atom. The SMILES string of the molecule is O=C(COC1=CC(c2nc(Nc3ccc4[nH]ncc4c3)c3ccccc3n2)=CCC1)NCC(F)(F)F. The van der Waals surface area contributed by atoms with E-state index in [2.05, 4.69) is 15.5 Å². The molecule has 1 aliphatic rings. The molecule has 0 radical (unpaired) electrons. The van der Waals surface area contributed by atoms with E-state index >= 15 is 0 Å². The second-order valence-corrected chi connectivity index (χ2v) is 8.20. The van der Waals surface area contributed by atoms with Gasteiger partial charge in [0.25, 0.3) is 5.91 Å². The zero-order valence-corrected chi connectivity index (χ0v) is 18.9. The van der Waals surface area contributed by atoms with Crippen LogP contribution in [0.15, 0.2) is 66.6 Å². The second-order valence-electron chi connectivity index (χ2n) is 8.20. The molecule has 184 valence electrons. The molecule has 0 aliphatic heterocycles. The molecule has 2 aromatic carbocycles. The van der Waals surface area contributed by atoms with Crippen LogP contribution in [0.2, 0.25) is 0 Å². The summed E-state index contributed by atoms with van der Waals surface area (Å²) in [7, 11) is 0. The van der Waals surface area contributed by atoms with E-state index in [1.807, 2.05) is 48.5 Å². The van der Waals surface area contributed by atoms with Crippen molar-refractivity contribution in [2.24, 2.45) is 0 Å². The van der Waals surface area contributed by atoms with E-state index < -0.39 is 25.2 Å². The molecule has 2 heterocycles. The van der Waals surface area contributed by atoms with Gasteiger partial charge in [-0.25, -0.2) is 9.97 Å². The van der Waals surface area contributed by atoms with Gasteiger partial charge in [-0.1, -0.05) is 18.2 Å². The molecule has 0 fully saturated rings. The number of nitrogens with one attached hydrogen (secondary N) is 3. The minimum absolute atomic E-state index is 0.461. The molecule has 1 aliphatic carbocycles. The molecule has 0 saturated carbocycles. The highest BCUT2D eigenvalue weighted by atomic mass is 19.4. The summed E-state index contributed by atoms with van der Waals surface area (Å²) in [5, 5.41) is 13.9. The lowest BCUT2D eigenvalue weighted by Gasteiger charge is -2.16. The summed E-state index contributed by atoms with van der Waals surface area (Å²) in [5.74, 6) is 0.717. The molecule has 3 N–H and O–H groups in total. The summed E-state index contributed by atoms with van der Waals surface area (Å²) in [5.41, 5.74) is 3.20. The number of anilines is 2. The number of benzene rings is 2. The van der Waals surface area contributed by atoms with Crippen LogP contribution in [-0.4, -0.2) is 45.4 Å². The first-order chi connectivity index (χ1) is 17.3. The highest BCUT2D eigenvalue weighted by molar-refractivity contribution is 5.93. The molecule has 4 aromatic rings. The van der Waals surface area contributed by atoms with Crippen molar-refractivity contribution in [2.45, 2.75) is 19.0 Å². The molecule has 0 saturated heterocycles. The van der Waals surface area contributed by atoms with Crippen molar-refractivity contribution in [1.29, 1.82) is 0 Å². The Hall–Kier alpha value is -4.41. The van der Waals surface area contributed by atoms with Gasteiger partial charge in [-0.2, -0.15) is 18.3 Å². The van der Waals surface area contributed by atoms with Crippen molar-refractivity contribution in [3.05, 3.63) is 72.4 Å². The maximum Gasteiger partial charge on any atom is 0.405 e. The smallest absolute Gasteiger partial charge is 0.405 e. The Balaban J connectivity index is 1.38. The number of fused-ring (bicyclic) bond motifs is 2. The van der Waals surface area contributed by atoms with E-state index in [0.29, 0.717) is 35.8 Å². The van der Waals surface area contributed by atoms with Crippen LogP contribution in [0.4, 0.5) is 24.7 Å². The van der Waals surface area contributed by atoms with Crippen molar-refractivity contribution in [2.75, 3.05) is 18.5 Å². The number of rotatable bonds is 7. The molecular weight excluding hydrogens is 473 g/mol.